The molecule has 1 atom stereocenters. The average molecular weight is 392 g/mol. The van der Waals surface area contributed by atoms with Crippen LogP contribution < -0.4 is 15.9 Å². The smallest absolute Gasteiger partial charge is 0.325 e. The number of halogens is 2. The van der Waals surface area contributed by atoms with Crippen LogP contribution in [0, 0.1) is 0 Å². The fourth-order valence-corrected chi connectivity index (χ4v) is 3.68. The molecule has 0 spiro atoms. The highest BCUT2D eigenvalue weighted by molar-refractivity contribution is 6.36. The van der Waals surface area contributed by atoms with Crippen LogP contribution in [0.2, 0.25) is 10.0 Å². The van der Waals surface area contributed by atoms with Crippen molar-refractivity contribution in [1.29, 1.82) is 0 Å². The Balaban J connectivity index is 1.45. The van der Waals surface area contributed by atoms with Gasteiger partial charge >= 0.3 is 5.69 Å². The number of aromatic amines is 2. The molecule has 2 aromatic heterocycles. The minimum Gasteiger partial charge on any atom is -0.368 e. The third kappa shape index (κ3) is 3.27. The van der Waals surface area contributed by atoms with Crippen molar-refractivity contribution in [1.82, 2.24) is 20.3 Å². The van der Waals surface area contributed by atoms with E-state index in [-0.39, 0.29) is 17.6 Å². The quantitative estimate of drug-likeness (QED) is 0.639. The fraction of sp³-hybridized carbons (Fsp3) is 0.235. The van der Waals surface area contributed by atoms with Crippen LogP contribution in [0.5, 0.6) is 0 Å². The molecule has 0 saturated carbocycles. The highest BCUT2D eigenvalue weighted by Crippen LogP contribution is 2.31. The topological polar surface area (TPSA) is 93.9 Å². The summed E-state index contributed by atoms with van der Waals surface area (Å²) >= 11 is 12.2. The van der Waals surface area contributed by atoms with Crippen LogP contribution in [0.4, 0.5) is 5.69 Å². The van der Waals surface area contributed by atoms with Gasteiger partial charge in [0, 0.05) is 30.4 Å². The molecule has 1 fully saturated rings. The molecule has 1 saturated heterocycles. The normalized spacial score (nSPS) is 17.0. The molecule has 1 unspecified atom stereocenters. The van der Waals surface area contributed by atoms with Gasteiger partial charge in [-0.1, -0.05) is 23.2 Å². The van der Waals surface area contributed by atoms with E-state index in [0.717, 1.165) is 18.7 Å². The van der Waals surface area contributed by atoms with E-state index in [1.165, 1.54) is 6.20 Å². The van der Waals surface area contributed by atoms with Gasteiger partial charge in [-0.25, -0.2) is 9.78 Å². The number of anilines is 1. The van der Waals surface area contributed by atoms with E-state index >= 15 is 0 Å². The largest absolute Gasteiger partial charge is 0.368 e. The van der Waals surface area contributed by atoms with Gasteiger partial charge in [0.05, 0.1) is 21.8 Å². The molecule has 1 aliphatic heterocycles. The van der Waals surface area contributed by atoms with Crippen LogP contribution in [0.3, 0.4) is 0 Å². The monoisotopic (exact) mass is 391 g/mol. The van der Waals surface area contributed by atoms with Crippen molar-refractivity contribution in [2.45, 2.75) is 12.5 Å². The van der Waals surface area contributed by atoms with Gasteiger partial charge in [0.25, 0.3) is 5.91 Å². The van der Waals surface area contributed by atoms with Gasteiger partial charge in [0.2, 0.25) is 0 Å². The molecular weight excluding hydrogens is 377 g/mol. The minimum absolute atomic E-state index is 0.00443. The van der Waals surface area contributed by atoms with E-state index in [9.17, 15) is 9.59 Å². The van der Waals surface area contributed by atoms with E-state index in [2.05, 4.69) is 25.2 Å². The summed E-state index contributed by atoms with van der Waals surface area (Å²) < 4.78 is 0. The molecule has 3 N–H and O–H groups in total. The number of imidazole rings is 1. The lowest BCUT2D eigenvalue weighted by Crippen LogP contribution is -2.37. The van der Waals surface area contributed by atoms with Crippen molar-refractivity contribution in [3.8, 4) is 0 Å². The number of fused-ring (bicyclic) bond motifs is 1. The maximum atomic E-state index is 12.5. The van der Waals surface area contributed by atoms with Crippen LogP contribution in [-0.4, -0.2) is 40.0 Å². The van der Waals surface area contributed by atoms with Gasteiger partial charge in [-0.2, -0.15) is 0 Å². The summed E-state index contributed by atoms with van der Waals surface area (Å²) in [7, 11) is 0. The molecule has 3 heterocycles. The summed E-state index contributed by atoms with van der Waals surface area (Å²) in [6.07, 6.45) is 2.26. The van der Waals surface area contributed by atoms with Crippen molar-refractivity contribution in [3.63, 3.8) is 0 Å². The molecule has 1 amide bonds. The van der Waals surface area contributed by atoms with Crippen LogP contribution >= 0.6 is 23.2 Å². The zero-order valence-electron chi connectivity index (χ0n) is 13.6. The average Bonchev–Trinajstić information content (AvgIpc) is 3.19. The number of hydrogen-bond acceptors (Lipinski definition) is 4. The second-order valence-corrected chi connectivity index (χ2v) is 7.04. The summed E-state index contributed by atoms with van der Waals surface area (Å²) in [5, 5.41) is 4.19. The fourth-order valence-electron chi connectivity index (χ4n) is 3.15. The molecule has 0 bridgehead atoms. The first-order chi connectivity index (χ1) is 12.5. The maximum absolute atomic E-state index is 12.5. The Morgan fingerprint density at radius 2 is 2.12 bits per heavy atom. The number of rotatable bonds is 3. The number of nitrogens with one attached hydrogen (secondary N) is 3. The summed E-state index contributed by atoms with van der Waals surface area (Å²) in [6.45, 7) is 1.44. The summed E-state index contributed by atoms with van der Waals surface area (Å²) in [6, 6.07) is 7.00. The molecule has 3 aromatic rings. The second-order valence-electron chi connectivity index (χ2n) is 6.20. The zero-order valence-corrected chi connectivity index (χ0v) is 15.1. The van der Waals surface area contributed by atoms with E-state index < -0.39 is 0 Å². The Morgan fingerprint density at radius 3 is 2.92 bits per heavy atom. The summed E-state index contributed by atoms with van der Waals surface area (Å²) in [4.78, 5) is 35.1. The highest BCUT2D eigenvalue weighted by Gasteiger charge is 2.26. The predicted octanol–water partition coefficient (Wildman–Crippen LogP) is 2.57. The SMILES string of the molecule is O=C(NC1CCN(c2ccc(Cl)cc2Cl)C1)c1cnc2[nH]c(=O)[nH]c2c1. The van der Waals surface area contributed by atoms with Gasteiger partial charge in [-0.05, 0) is 30.7 Å². The molecule has 9 heteroatoms. The number of nitrogens with zero attached hydrogens (tertiary/aromatic N) is 2. The lowest BCUT2D eigenvalue weighted by atomic mass is 10.2. The molecule has 4 rings (SSSR count). The number of amides is 1. The van der Waals surface area contributed by atoms with Gasteiger partial charge in [-0.15, -0.1) is 0 Å². The molecule has 0 radical (unpaired) electrons. The number of carbonyl (C=O) groups is 1. The Morgan fingerprint density at radius 1 is 1.27 bits per heavy atom. The van der Waals surface area contributed by atoms with Gasteiger partial charge in [0.1, 0.15) is 0 Å². The van der Waals surface area contributed by atoms with Crippen LogP contribution in [-0.2, 0) is 0 Å². The van der Waals surface area contributed by atoms with Gasteiger partial charge in [-0.3, -0.25) is 9.78 Å². The third-order valence-corrected chi connectivity index (χ3v) is 4.94. The Hall–Kier alpha value is -2.51. The summed E-state index contributed by atoms with van der Waals surface area (Å²) in [5.74, 6) is -0.226. The number of H-pyrrole nitrogens is 2. The van der Waals surface area contributed by atoms with E-state index in [4.69, 9.17) is 23.2 Å². The lowest BCUT2D eigenvalue weighted by molar-refractivity contribution is 0.0940. The van der Waals surface area contributed by atoms with Gasteiger partial charge < -0.3 is 15.2 Å². The Kier molecular flexibility index (Phi) is 4.34. The Bertz CT molecular complexity index is 1050. The number of aromatic nitrogens is 3. The highest BCUT2D eigenvalue weighted by atomic mass is 35.5. The molecule has 26 heavy (non-hydrogen) atoms. The van der Waals surface area contributed by atoms with Crippen LogP contribution in [0.1, 0.15) is 16.8 Å². The first-order valence-electron chi connectivity index (χ1n) is 8.08. The molecular formula is C17H15Cl2N5O2. The standard InChI is InChI=1S/C17H15Cl2N5O2/c18-10-1-2-14(12(19)6-10)24-4-3-11(8-24)21-16(25)9-5-13-15(20-7-9)23-17(26)22-13/h1-2,5-7,11H,3-4,8H2,(H,21,25)(H2,20,22,23,26). The third-order valence-electron chi connectivity index (χ3n) is 4.40. The molecule has 0 aliphatic carbocycles. The van der Waals surface area contributed by atoms with Crippen molar-refractivity contribution >= 4 is 46.0 Å². The van der Waals surface area contributed by atoms with Crippen molar-refractivity contribution in [2.24, 2.45) is 0 Å². The number of benzene rings is 1. The van der Waals surface area contributed by atoms with Crippen molar-refractivity contribution in [2.75, 3.05) is 18.0 Å². The number of carbonyl (C=O) groups excluding carboxylic acids is 1. The van der Waals surface area contributed by atoms with E-state index in [1.807, 2.05) is 6.07 Å². The van der Waals surface area contributed by atoms with Crippen LogP contribution in [0.15, 0.2) is 35.3 Å². The molecule has 1 aromatic carbocycles. The molecule has 134 valence electrons. The van der Waals surface area contributed by atoms with Crippen molar-refractivity contribution in [3.05, 3.63) is 56.6 Å². The molecule has 7 nitrogen and oxygen atoms in total. The second kappa shape index (κ2) is 6.66. The van der Waals surface area contributed by atoms with E-state index in [0.29, 0.717) is 33.3 Å². The minimum atomic E-state index is -0.351. The zero-order chi connectivity index (χ0) is 18.3. The maximum Gasteiger partial charge on any atom is 0.325 e. The summed E-state index contributed by atoms with van der Waals surface area (Å²) in [5.41, 5.74) is 1.88. The Labute approximate surface area is 158 Å². The predicted molar refractivity (Wildman–Crippen MR) is 101 cm³/mol. The number of pyridine rings is 1. The first-order valence-corrected chi connectivity index (χ1v) is 8.84. The van der Waals surface area contributed by atoms with E-state index in [1.54, 1.807) is 18.2 Å². The number of hydrogen-bond donors (Lipinski definition) is 3. The van der Waals surface area contributed by atoms with Crippen molar-refractivity contribution < 1.29 is 4.79 Å². The first kappa shape index (κ1) is 16.9. The lowest BCUT2D eigenvalue weighted by Gasteiger charge is -2.20. The van der Waals surface area contributed by atoms with Crippen LogP contribution in [0.25, 0.3) is 11.2 Å². The molecule has 1 aliphatic rings. The van der Waals surface area contributed by atoms with Gasteiger partial charge in [0.15, 0.2) is 5.65 Å².